The van der Waals surface area contributed by atoms with Gasteiger partial charge in [0.2, 0.25) is 0 Å². The zero-order valence-corrected chi connectivity index (χ0v) is 16.6. The molecule has 0 aliphatic carbocycles. The zero-order valence-electron chi connectivity index (χ0n) is 16.6. The summed E-state index contributed by atoms with van der Waals surface area (Å²) in [5.41, 5.74) is 7.20. The molecule has 0 aliphatic heterocycles. The summed E-state index contributed by atoms with van der Waals surface area (Å²) in [4.78, 5) is 26.3. The highest BCUT2D eigenvalue weighted by Crippen LogP contribution is 2.16. The second-order valence-corrected chi connectivity index (χ2v) is 6.72. The van der Waals surface area contributed by atoms with Crippen LogP contribution < -0.4 is 20.5 Å². The van der Waals surface area contributed by atoms with Crippen LogP contribution >= 0.6 is 0 Å². The molecular formula is C22H23N3O4. The maximum Gasteiger partial charge on any atom is 0.305 e. The summed E-state index contributed by atoms with van der Waals surface area (Å²) >= 11 is 0. The van der Waals surface area contributed by atoms with E-state index >= 15 is 0 Å². The monoisotopic (exact) mass is 393 g/mol. The van der Waals surface area contributed by atoms with E-state index in [-0.39, 0.29) is 12.4 Å². The van der Waals surface area contributed by atoms with Crippen molar-refractivity contribution in [3.63, 3.8) is 0 Å². The smallest absolute Gasteiger partial charge is 0.305 e. The molecule has 0 atom stereocenters. The van der Waals surface area contributed by atoms with E-state index in [4.69, 9.17) is 9.15 Å². The van der Waals surface area contributed by atoms with Gasteiger partial charge >= 0.3 is 5.91 Å². The van der Waals surface area contributed by atoms with Gasteiger partial charge in [0.1, 0.15) is 18.1 Å². The van der Waals surface area contributed by atoms with Crippen molar-refractivity contribution in [1.29, 1.82) is 0 Å². The number of carbonyl (C=O) groups excluding carboxylic acids is 2. The van der Waals surface area contributed by atoms with Gasteiger partial charge in [0, 0.05) is 25.3 Å². The highest BCUT2D eigenvalue weighted by molar-refractivity contribution is 5.98. The van der Waals surface area contributed by atoms with Crippen LogP contribution in [0.5, 0.6) is 5.75 Å². The fourth-order valence-electron chi connectivity index (χ4n) is 2.54. The molecule has 3 aromatic rings. The number of ether oxygens (including phenoxy) is 1. The van der Waals surface area contributed by atoms with Gasteiger partial charge in [-0.15, -0.1) is 0 Å². The lowest BCUT2D eigenvalue weighted by molar-refractivity contribution is 0.0828. The second-order valence-electron chi connectivity index (χ2n) is 6.72. The topological polar surface area (TPSA) is 83.8 Å². The van der Waals surface area contributed by atoms with Crippen LogP contribution in [-0.2, 0) is 6.61 Å². The summed E-state index contributed by atoms with van der Waals surface area (Å²) in [5.74, 6) is 0.320. The summed E-state index contributed by atoms with van der Waals surface area (Å²) in [6.45, 7) is 2.19. The van der Waals surface area contributed by atoms with Crippen molar-refractivity contribution in [2.24, 2.45) is 0 Å². The molecule has 2 aromatic carbocycles. The van der Waals surface area contributed by atoms with Crippen LogP contribution in [0, 0.1) is 6.92 Å². The predicted molar refractivity (Wildman–Crippen MR) is 110 cm³/mol. The molecule has 7 heteroatoms. The summed E-state index contributed by atoms with van der Waals surface area (Å²) in [6, 6.07) is 17.9. The van der Waals surface area contributed by atoms with Gasteiger partial charge in [-0.25, -0.2) is 0 Å². The lowest BCUT2D eigenvalue weighted by Gasteiger charge is -2.13. The maximum atomic E-state index is 12.2. The van der Waals surface area contributed by atoms with Crippen LogP contribution in [-0.4, -0.2) is 25.9 Å². The minimum atomic E-state index is -0.552. The zero-order chi connectivity index (χ0) is 20.8. The third-order valence-corrected chi connectivity index (χ3v) is 4.20. The molecule has 0 saturated carbocycles. The second kappa shape index (κ2) is 8.97. The molecule has 2 N–H and O–H groups in total. The normalized spacial score (nSPS) is 10.3. The van der Waals surface area contributed by atoms with E-state index in [9.17, 15) is 9.59 Å². The van der Waals surface area contributed by atoms with Crippen LogP contribution in [0.4, 0.5) is 5.69 Å². The Morgan fingerprint density at radius 2 is 1.69 bits per heavy atom. The standard InChI is InChI=1S/C22H23N3O4/c1-15-7-9-18(10-8-15)28-14-19-11-12-20(29-19)22(27)24-23-21(26)16-5-4-6-17(13-16)25(2)3/h4-13H,14H2,1-3H3,(H,23,26)(H,24,27). The fourth-order valence-corrected chi connectivity index (χ4v) is 2.54. The molecule has 0 spiro atoms. The van der Waals surface area contributed by atoms with Gasteiger partial charge < -0.3 is 14.1 Å². The summed E-state index contributed by atoms with van der Waals surface area (Å²) < 4.78 is 11.1. The van der Waals surface area contributed by atoms with E-state index in [1.165, 1.54) is 6.07 Å². The van der Waals surface area contributed by atoms with Gasteiger partial charge in [0.05, 0.1) is 0 Å². The Kier molecular flexibility index (Phi) is 6.19. The van der Waals surface area contributed by atoms with Gasteiger partial charge in [0.15, 0.2) is 5.76 Å². The molecule has 1 aromatic heterocycles. The first-order valence-corrected chi connectivity index (χ1v) is 9.08. The third-order valence-electron chi connectivity index (χ3n) is 4.20. The lowest BCUT2D eigenvalue weighted by atomic mass is 10.2. The van der Waals surface area contributed by atoms with Gasteiger partial charge in [-0.2, -0.15) is 0 Å². The first-order chi connectivity index (χ1) is 13.9. The number of rotatable bonds is 6. The van der Waals surface area contributed by atoms with E-state index in [1.54, 1.807) is 24.3 Å². The van der Waals surface area contributed by atoms with Crippen molar-refractivity contribution in [2.75, 3.05) is 19.0 Å². The highest BCUT2D eigenvalue weighted by atomic mass is 16.5. The molecule has 0 radical (unpaired) electrons. The molecule has 3 rings (SSSR count). The Morgan fingerprint density at radius 1 is 0.966 bits per heavy atom. The largest absolute Gasteiger partial charge is 0.486 e. The van der Waals surface area contributed by atoms with E-state index in [1.807, 2.05) is 56.3 Å². The molecule has 0 aliphatic rings. The Balaban J connectivity index is 1.52. The van der Waals surface area contributed by atoms with Crippen molar-refractivity contribution in [3.05, 3.63) is 83.3 Å². The molecule has 7 nitrogen and oxygen atoms in total. The number of aryl methyl sites for hydroxylation is 1. The number of carbonyl (C=O) groups is 2. The van der Waals surface area contributed by atoms with Crippen LogP contribution in [0.15, 0.2) is 65.1 Å². The number of amides is 2. The molecule has 2 amide bonds. The highest BCUT2D eigenvalue weighted by Gasteiger charge is 2.14. The summed E-state index contributed by atoms with van der Waals surface area (Å²) in [6.07, 6.45) is 0. The molecule has 0 bridgehead atoms. The van der Waals surface area contributed by atoms with Gasteiger partial charge in [-0.1, -0.05) is 23.8 Å². The molecule has 1 heterocycles. The van der Waals surface area contributed by atoms with Crippen molar-refractivity contribution in [2.45, 2.75) is 13.5 Å². The van der Waals surface area contributed by atoms with Crippen LogP contribution in [0.2, 0.25) is 0 Å². The quantitative estimate of drug-likeness (QED) is 0.628. The first-order valence-electron chi connectivity index (χ1n) is 9.08. The van der Waals surface area contributed by atoms with Crippen LogP contribution in [0.3, 0.4) is 0 Å². The van der Waals surface area contributed by atoms with E-state index in [0.29, 0.717) is 17.1 Å². The Bertz CT molecular complexity index is 993. The Morgan fingerprint density at radius 3 is 2.41 bits per heavy atom. The minimum Gasteiger partial charge on any atom is -0.486 e. The Hall–Kier alpha value is -3.74. The maximum absolute atomic E-state index is 12.2. The third kappa shape index (κ3) is 5.38. The van der Waals surface area contributed by atoms with E-state index < -0.39 is 11.8 Å². The number of hydrogen-bond acceptors (Lipinski definition) is 5. The van der Waals surface area contributed by atoms with Crippen molar-refractivity contribution >= 4 is 17.5 Å². The fraction of sp³-hybridized carbons (Fsp3) is 0.182. The average molecular weight is 393 g/mol. The molecule has 0 saturated heterocycles. The number of furan rings is 1. The van der Waals surface area contributed by atoms with E-state index in [2.05, 4.69) is 10.9 Å². The predicted octanol–water partition coefficient (Wildman–Crippen LogP) is 3.31. The lowest BCUT2D eigenvalue weighted by Crippen LogP contribution is -2.41. The SMILES string of the molecule is Cc1ccc(OCc2ccc(C(=O)NNC(=O)c3cccc(N(C)C)c3)o2)cc1. The number of hydrazine groups is 1. The first kappa shape index (κ1) is 20.0. The van der Waals surface area contributed by atoms with Gasteiger partial charge in [-0.3, -0.25) is 20.4 Å². The van der Waals surface area contributed by atoms with Crippen molar-refractivity contribution < 1.29 is 18.7 Å². The number of nitrogens with one attached hydrogen (secondary N) is 2. The number of anilines is 1. The number of hydrogen-bond donors (Lipinski definition) is 2. The number of nitrogens with zero attached hydrogens (tertiary/aromatic N) is 1. The van der Waals surface area contributed by atoms with E-state index in [0.717, 1.165) is 11.3 Å². The molecule has 29 heavy (non-hydrogen) atoms. The van der Waals surface area contributed by atoms with Crippen molar-refractivity contribution in [3.8, 4) is 5.75 Å². The minimum absolute atomic E-state index is 0.0786. The van der Waals surface area contributed by atoms with Gasteiger partial charge in [0.25, 0.3) is 5.91 Å². The van der Waals surface area contributed by atoms with Crippen molar-refractivity contribution in [1.82, 2.24) is 10.9 Å². The molecular weight excluding hydrogens is 370 g/mol. The molecule has 0 fully saturated rings. The molecule has 150 valence electrons. The summed E-state index contributed by atoms with van der Waals surface area (Å²) in [7, 11) is 3.77. The molecule has 0 unspecified atom stereocenters. The number of benzene rings is 2. The summed E-state index contributed by atoms with van der Waals surface area (Å²) in [5, 5.41) is 0. The Labute approximate surface area is 169 Å². The van der Waals surface area contributed by atoms with Crippen LogP contribution in [0.25, 0.3) is 0 Å². The average Bonchev–Trinajstić information content (AvgIpc) is 3.20. The van der Waals surface area contributed by atoms with Crippen LogP contribution in [0.1, 0.15) is 32.2 Å². The van der Waals surface area contributed by atoms with Gasteiger partial charge in [-0.05, 0) is 49.4 Å².